The first kappa shape index (κ1) is 18.1. The summed E-state index contributed by atoms with van der Waals surface area (Å²) in [4.78, 5) is 0.204. The van der Waals surface area contributed by atoms with Gasteiger partial charge in [-0.1, -0.05) is 13.8 Å². The van der Waals surface area contributed by atoms with Crippen LogP contribution in [0.3, 0.4) is 0 Å². The number of methoxy groups -OCH3 is 1. The minimum Gasteiger partial charge on any atom is -0.384 e. The summed E-state index contributed by atoms with van der Waals surface area (Å²) < 4.78 is 33.4. The molecule has 122 valence electrons. The van der Waals surface area contributed by atoms with Crippen molar-refractivity contribution in [1.29, 1.82) is 0 Å². The SMILES string of the molecule is CCNCCCn1cc(S(=O)(=O)NCC(C)COC)cn1. The van der Waals surface area contributed by atoms with Gasteiger partial charge in [0, 0.05) is 33.0 Å². The molecule has 1 aromatic rings. The normalized spacial score (nSPS) is 13.5. The number of aryl methyl sites for hydroxylation is 1. The van der Waals surface area contributed by atoms with Gasteiger partial charge < -0.3 is 10.1 Å². The molecule has 1 rings (SSSR count). The predicted molar refractivity (Wildman–Crippen MR) is 81.6 cm³/mol. The highest BCUT2D eigenvalue weighted by Gasteiger charge is 2.17. The molecular formula is C13H26N4O3S. The van der Waals surface area contributed by atoms with Crippen molar-refractivity contribution in [1.82, 2.24) is 19.8 Å². The summed E-state index contributed by atoms with van der Waals surface area (Å²) in [5.41, 5.74) is 0. The van der Waals surface area contributed by atoms with Crippen molar-refractivity contribution in [3.8, 4) is 0 Å². The fourth-order valence-corrected chi connectivity index (χ4v) is 2.94. The van der Waals surface area contributed by atoms with Gasteiger partial charge in [0.1, 0.15) is 4.90 Å². The second-order valence-corrected chi connectivity index (χ2v) is 6.83. The van der Waals surface area contributed by atoms with Gasteiger partial charge in [-0.2, -0.15) is 5.10 Å². The van der Waals surface area contributed by atoms with E-state index in [1.807, 2.05) is 6.92 Å². The average molecular weight is 318 g/mol. The monoisotopic (exact) mass is 318 g/mol. The second kappa shape index (κ2) is 9.14. The van der Waals surface area contributed by atoms with E-state index in [4.69, 9.17) is 4.74 Å². The lowest BCUT2D eigenvalue weighted by Gasteiger charge is -2.10. The molecule has 0 aliphatic heterocycles. The standard InChI is InChI=1S/C13H26N4O3S/c1-4-14-6-5-7-17-10-13(9-15-17)21(18,19)16-8-12(2)11-20-3/h9-10,12,14,16H,4-8,11H2,1-3H3. The molecule has 0 bridgehead atoms. The maximum Gasteiger partial charge on any atom is 0.243 e. The molecule has 1 atom stereocenters. The van der Waals surface area contributed by atoms with E-state index in [0.717, 1.165) is 19.5 Å². The summed E-state index contributed by atoms with van der Waals surface area (Å²) in [5, 5.41) is 7.31. The average Bonchev–Trinajstić information content (AvgIpc) is 2.92. The molecule has 0 aromatic carbocycles. The zero-order valence-electron chi connectivity index (χ0n) is 13.0. The van der Waals surface area contributed by atoms with Gasteiger partial charge in [0.15, 0.2) is 0 Å². The topological polar surface area (TPSA) is 85.2 Å². The third kappa shape index (κ3) is 6.56. The summed E-state index contributed by atoms with van der Waals surface area (Å²) in [6.45, 7) is 7.37. The Hall–Kier alpha value is -0.960. The van der Waals surface area contributed by atoms with E-state index in [1.165, 1.54) is 6.20 Å². The van der Waals surface area contributed by atoms with E-state index >= 15 is 0 Å². The Morgan fingerprint density at radius 2 is 2.24 bits per heavy atom. The summed E-state index contributed by atoms with van der Waals surface area (Å²) in [7, 11) is -1.89. The van der Waals surface area contributed by atoms with E-state index in [9.17, 15) is 8.42 Å². The van der Waals surface area contributed by atoms with Gasteiger partial charge in [-0.25, -0.2) is 13.1 Å². The Kier molecular flexibility index (Phi) is 7.87. The minimum absolute atomic E-state index is 0.125. The zero-order chi connectivity index (χ0) is 15.7. The van der Waals surface area contributed by atoms with Crippen LogP contribution in [0.1, 0.15) is 20.3 Å². The van der Waals surface area contributed by atoms with Crippen LogP contribution in [0.4, 0.5) is 0 Å². The molecule has 0 radical (unpaired) electrons. The van der Waals surface area contributed by atoms with Crippen molar-refractivity contribution < 1.29 is 13.2 Å². The lowest BCUT2D eigenvalue weighted by molar-refractivity contribution is 0.161. The lowest BCUT2D eigenvalue weighted by Crippen LogP contribution is -2.29. The van der Waals surface area contributed by atoms with Crippen LogP contribution >= 0.6 is 0 Å². The largest absolute Gasteiger partial charge is 0.384 e. The van der Waals surface area contributed by atoms with Gasteiger partial charge in [-0.05, 0) is 25.4 Å². The fraction of sp³-hybridized carbons (Fsp3) is 0.769. The van der Waals surface area contributed by atoms with Gasteiger partial charge in [0.2, 0.25) is 10.0 Å². The van der Waals surface area contributed by atoms with Crippen molar-refractivity contribution in [2.45, 2.75) is 31.7 Å². The molecule has 0 amide bonds. The highest BCUT2D eigenvalue weighted by Crippen LogP contribution is 2.08. The van der Waals surface area contributed by atoms with Crippen LogP contribution in [0.25, 0.3) is 0 Å². The number of hydrogen-bond acceptors (Lipinski definition) is 5. The molecule has 0 fully saturated rings. The first-order valence-corrected chi connectivity index (χ1v) is 8.69. The van der Waals surface area contributed by atoms with Crippen LogP contribution in [-0.4, -0.2) is 51.5 Å². The summed E-state index contributed by atoms with van der Waals surface area (Å²) in [6, 6.07) is 0. The molecular weight excluding hydrogens is 292 g/mol. The number of nitrogens with one attached hydrogen (secondary N) is 2. The van der Waals surface area contributed by atoms with E-state index in [2.05, 4.69) is 22.1 Å². The quantitative estimate of drug-likeness (QED) is 0.579. The number of hydrogen-bond donors (Lipinski definition) is 2. The second-order valence-electron chi connectivity index (χ2n) is 5.06. The Morgan fingerprint density at radius 1 is 1.48 bits per heavy atom. The van der Waals surface area contributed by atoms with Crippen molar-refractivity contribution >= 4 is 10.0 Å². The summed E-state index contributed by atoms with van der Waals surface area (Å²) in [6.07, 6.45) is 3.86. The van der Waals surface area contributed by atoms with E-state index < -0.39 is 10.0 Å². The van der Waals surface area contributed by atoms with Gasteiger partial charge in [-0.3, -0.25) is 4.68 Å². The molecule has 7 nitrogen and oxygen atoms in total. The fourth-order valence-electron chi connectivity index (χ4n) is 1.83. The predicted octanol–water partition coefficient (Wildman–Crippen LogP) is 0.444. The lowest BCUT2D eigenvalue weighted by atomic mass is 10.2. The Bertz CT molecular complexity index is 501. The molecule has 0 saturated heterocycles. The smallest absolute Gasteiger partial charge is 0.243 e. The van der Waals surface area contributed by atoms with Crippen molar-refractivity contribution in [2.75, 3.05) is 33.4 Å². The first-order chi connectivity index (χ1) is 9.99. The molecule has 1 heterocycles. The molecule has 0 saturated carbocycles. The molecule has 0 aliphatic carbocycles. The third-order valence-corrected chi connectivity index (χ3v) is 4.36. The number of aromatic nitrogens is 2. The van der Waals surface area contributed by atoms with Crippen LogP contribution in [0, 0.1) is 5.92 Å². The highest BCUT2D eigenvalue weighted by atomic mass is 32.2. The maximum absolute atomic E-state index is 12.1. The Balaban J connectivity index is 2.49. The molecule has 0 aliphatic rings. The van der Waals surface area contributed by atoms with Crippen molar-refractivity contribution in [3.05, 3.63) is 12.4 Å². The molecule has 21 heavy (non-hydrogen) atoms. The van der Waals surface area contributed by atoms with Crippen LogP contribution < -0.4 is 10.0 Å². The zero-order valence-corrected chi connectivity index (χ0v) is 13.8. The van der Waals surface area contributed by atoms with Crippen LogP contribution in [0.15, 0.2) is 17.3 Å². The van der Waals surface area contributed by atoms with E-state index in [-0.39, 0.29) is 10.8 Å². The van der Waals surface area contributed by atoms with Gasteiger partial charge in [0.25, 0.3) is 0 Å². The van der Waals surface area contributed by atoms with Crippen molar-refractivity contribution in [3.63, 3.8) is 0 Å². The van der Waals surface area contributed by atoms with Crippen LogP contribution in [-0.2, 0) is 21.3 Å². The Labute approximate surface area is 127 Å². The number of ether oxygens (including phenoxy) is 1. The van der Waals surface area contributed by atoms with Gasteiger partial charge in [-0.15, -0.1) is 0 Å². The van der Waals surface area contributed by atoms with E-state index in [0.29, 0.717) is 19.7 Å². The molecule has 2 N–H and O–H groups in total. The van der Waals surface area contributed by atoms with Gasteiger partial charge in [0.05, 0.1) is 6.20 Å². The summed E-state index contributed by atoms with van der Waals surface area (Å²) in [5.74, 6) is 0.125. The minimum atomic E-state index is -3.49. The van der Waals surface area contributed by atoms with Crippen LogP contribution in [0.2, 0.25) is 0 Å². The molecule has 8 heteroatoms. The van der Waals surface area contributed by atoms with Crippen LogP contribution in [0.5, 0.6) is 0 Å². The van der Waals surface area contributed by atoms with Gasteiger partial charge >= 0.3 is 0 Å². The summed E-state index contributed by atoms with van der Waals surface area (Å²) >= 11 is 0. The third-order valence-electron chi connectivity index (χ3n) is 2.98. The first-order valence-electron chi connectivity index (χ1n) is 7.21. The Morgan fingerprint density at radius 3 is 2.90 bits per heavy atom. The molecule has 1 unspecified atom stereocenters. The number of sulfonamides is 1. The number of nitrogens with zero attached hydrogens (tertiary/aromatic N) is 2. The van der Waals surface area contributed by atoms with E-state index in [1.54, 1.807) is 18.0 Å². The van der Waals surface area contributed by atoms with Crippen molar-refractivity contribution in [2.24, 2.45) is 5.92 Å². The maximum atomic E-state index is 12.1. The number of rotatable bonds is 11. The molecule has 0 spiro atoms. The molecule has 1 aromatic heterocycles. The highest BCUT2D eigenvalue weighted by molar-refractivity contribution is 7.89.